The molecule has 1 fully saturated rings. The maximum Gasteiger partial charge on any atom is 0.321 e. The highest BCUT2D eigenvalue weighted by Gasteiger charge is 2.21. The molecule has 0 radical (unpaired) electrons. The number of carbonyl (C=O) groups is 1. The molecule has 134 valence electrons. The minimum atomic E-state index is -0.231. The first-order valence-electron chi connectivity index (χ1n) is 8.51. The maximum atomic E-state index is 11.9. The summed E-state index contributed by atoms with van der Waals surface area (Å²) in [5.41, 5.74) is 1.28. The molecular formula is C17H24N6OS. The zero-order chi connectivity index (χ0) is 17.6. The van der Waals surface area contributed by atoms with Crippen molar-refractivity contribution in [3.8, 4) is 0 Å². The standard InChI is InChI=1S/C17H24N6OS/c1-13(12-18-16(24)19-17-21-20-14(2)25-17)22-8-10-23(11-9-22)15-6-4-3-5-7-15/h3-7,13H,8-12H2,1-2H3,(H2,18,19,21,24). The largest absolute Gasteiger partial charge is 0.369 e. The summed E-state index contributed by atoms with van der Waals surface area (Å²) in [6.45, 7) is 8.61. The molecule has 2 heterocycles. The predicted octanol–water partition coefficient (Wildman–Crippen LogP) is 2.18. The van der Waals surface area contributed by atoms with Crippen LogP contribution >= 0.6 is 11.3 Å². The van der Waals surface area contributed by atoms with Crippen molar-refractivity contribution in [3.05, 3.63) is 35.3 Å². The number of para-hydroxylation sites is 1. The Hall–Kier alpha value is -2.19. The maximum absolute atomic E-state index is 11.9. The van der Waals surface area contributed by atoms with Crippen LogP contribution in [0.15, 0.2) is 30.3 Å². The van der Waals surface area contributed by atoms with E-state index in [-0.39, 0.29) is 6.03 Å². The first-order valence-corrected chi connectivity index (χ1v) is 9.32. The van der Waals surface area contributed by atoms with E-state index < -0.39 is 0 Å². The second-order valence-corrected chi connectivity index (χ2v) is 7.35. The Morgan fingerprint density at radius 3 is 2.56 bits per heavy atom. The van der Waals surface area contributed by atoms with Gasteiger partial charge < -0.3 is 10.2 Å². The van der Waals surface area contributed by atoms with Crippen molar-refractivity contribution < 1.29 is 4.79 Å². The lowest BCUT2D eigenvalue weighted by atomic mass is 10.2. The normalized spacial score (nSPS) is 16.5. The van der Waals surface area contributed by atoms with Crippen LogP contribution in [0.2, 0.25) is 0 Å². The van der Waals surface area contributed by atoms with Gasteiger partial charge in [0.2, 0.25) is 5.13 Å². The number of piperazine rings is 1. The second-order valence-electron chi connectivity index (χ2n) is 6.17. The minimum Gasteiger partial charge on any atom is -0.369 e. The van der Waals surface area contributed by atoms with Crippen LogP contribution in [0.4, 0.5) is 15.6 Å². The van der Waals surface area contributed by atoms with Crippen molar-refractivity contribution in [1.29, 1.82) is 0 Å². The van der Waals surface area contributed by atoms with E-state index >= 15 is 0 Å². The number of nitrogens with zero attached hydrogens (tertiary/aromatic N) is 4. The van der Waals surface area contributed by atoms with Crippen LogP contribution in [-0.2, 0) is 0 Å². The van der Waals surface area contributed by atoms with Crippen LogP contribution in [0.25, 0.3) is 0 Å². The lowest BCUT2D eigenvalue weighted by Crippen LogP contribution is -2.52. The molecule has 1 unspecified atom stereocenters. The fraction of sp³-hybridized carbons (Fsp3) is 0.471. The number of benzene rings is 1. The van der Waals surface area contributed by atoms with Gasteiger partial charge in [0.15, 0.2) is 0 Å². The molecule has 8 heteroatoms. The molecule has 1 aliphatic rings. The number of urea groups is 1. The molecule has 7 nitrogen and oxygen atoms in total. The smallest absolute Gasteiger partial charge is 0.321 e. The van der Waals surface area contributed by atoms with Crippen molar-refractivity contribution in [2.24, 2.45) is 0 Å². The molecule has 2 amide bonds. The van der Waals surface area contributed by atoms with Gasteiger partial charge in [0.1, 0.15) is 5.01 Å². The third-order valence-corrected chi connectivity index (χ3v) is 5.12. The van der Waals surface area contributed by atoms with Crippen molar-refractivity contribution in [2.75, 3.05) is 42.9 Å². The molecule has 0 bridgehead atoms. The van der Waals surface area contributed by atoms with E-state index in [9.17, 15) is 4.79 Å². The summed E-state index contributed by atoms with van der Waals surface area (Å²) in [7, 11) is 0. The van der Waals surface area contributed by atoms with E-state index in [2.05, 4.69) is 61.8 Å². The molecule has 2 aromatic rings. The van der Waals surface area contributed by atoms with Gasteiger partial charge in [-0.1, -0.05) is 29.5 Å². The average molecular weight is 360 g/mol. The number of nitrogens with one attached hydrogen (secondary N) is 2. The molecule has 1 atom stereocenters. The Bertz CT molecular complexity index is 683. The molecule has 25 heavy (non-hydrogen) atoms. The number of hydrogen-bond acceptors (Lipinski definition) is 6. The summed E-state index contributed by atoms with van der Waals surface area (Å²) in [5.74, 6) is 0. The summed E-state index contributed by atoms with van der Waals surface area (Å²) in [6, 6.07) is 10.6. The van der Waals surface area contributed by atoms with Crippen molar-refractivity contribution >= 4 is 28.2 Å². The number of aryl methyl sites for hydroxylation is 1. The summed E-state index contributed by atoms with van der Waals surface area (Å²) in [6.07, 6.45) is 0. The van der Waals surface area contributed by atoms with Crippen LogP contribution in [0.3, 0.4) is 0 Å². The molecule has 1 aliphatic heterocycles. The van der Waals surface area contributed by atoms with E-state index in [1.54, 1.807) is 0 Å². The molecule has 0 aliphatic carbocycles. The average Bonchev–Trinajstić information content (AvgIpc) is 3.05. The van der Waals surface area contributed by atoms with E-state index in [0.717, 1.165) is 31.2 Å². The summed E-state index contributed by atoms with van der Waals surface area (Å²) in [4.78, 5) is 16.8. The molecule has 1 aromatic heterocycles. The van der Waals surface area contributed by atoms with Gasteiger partial charge in [-0.05, 0) is 26.0 Å². The highest BCUT2D eigenvalue weighted by Crippen LogP contribution is 2.16. The predicted molar refractivity (Wildman–Crippen MR) is 101 cm³/mol. The molecular weight excluding hydrogens is 336 g/mol. The summed E-state index contributed by atoms with van der Waals surface area (Å²) < 4.78 is 0. The van der Waals surface area contributed by atoms with Gasteiger partial charge >= 0.3 is 6.03 Å². The van der Waals surface area contributed by atoms with Crippen LogP contribution < -0.4 is 15.5 Å². The lowest BCUT2D eigenvalue weighted by molar-refractivity contribution is 0.192. The van der Waals surface area contributed by atoms with Crippen LogP contribution in [0, 0.1) is 6.92 Å². The number of anilines is 2. The van der Waals surface area contributed by atoms with Gasteiger partial charge in [0, 0.05) is 44.5 Å². The van der Waals surface area contributed by atoms with Crippen LogP contribution in [0.5, 0.6) is 0 Å². The number of hydrogen-bond donors (Lipinski definition) is 2. The third-order valence-electron chi connectivity index (χ3n) is 4.36. The topological polar surface area (TPSA) is 73.4 Å². The summed E-state index contributed by atoms with van der Waals surface area (Å²) >= 11 is 1.37. The van der Waals surface area contributed by atoms with Gasteiger partial charge in [0.25, 0.3) is 0 Å². The van der Waals surface area contributed by atoms with Gasteiger partial charge in [0.05, 0.1) is 0 Å². The quantitative estimate of drug-likeness (QED) is 0.855. The number of aromatic nitrogens is 2. The van der Waals surface area contributed by atoms with E-state index in [0.29, 0.717) is 17.7 Å². The van der Waals surface area contributed by atoms with E-state index in [4.69, 9.17) is 0 Å². The molecule has 3 rings (SSSR count). The minimum absolute atomic E-state index is 0.231. The molecule has 0 spiro atoms. The van der Waals surface area contributed by atoms with Crippen LogP contribution in [-0.4, -0.2) is 59.9 Å². The van der Waals surface area contributed by atoms with Crippen molar-refractivity contribution in [1.82, 2.24) is 20.4 Å². The second kappa shape index (κ2) is 8.26. The van der Waals surface area contributed by atoms with Gasteiger partial charge in [-0.15, -0.1) is 10.2 Å². The third kappa shape index (κ3) is 4.90. The fourth-order valence-corrected chi connectivity index (χ4v) is 3.50. The SMILES string of the molecule is Cc1nnc(NC(=O)NCC(C)N2CCN(c3ccccc3)CC2)s1. The number of amides is 2. The highest BCUT2D eigenvalue weighted by molar-refractivity contribution is 7.15. The van der Waals surface area contributed by atoms with Gasteiger partial charge in [-0.25, -0.2) is 4.79 Å². The monoisotopic (exact) mass is 360 g/mol. The van der Waals surface area contributed by atoms with Crippen molar-refractivity contribution in [3.63, 3.8) is 0 Å². The van der Waals surface area contributed by atoms with Crippen LogP contribution in [0.1, 0.15) is 11.9 Å². The Balaban J connectivity index is 1.40. The Labute approximate surface area is 152 Å². The molecule has 0 saturated carbocycles. The Kier molecular flexibility index (Phi) is 5.83. The molecule has 2 N–H and O–H groups in total. The zero-order valence-electron chi connectivity index (χ0n) is 14.6. The fourth-order valence-electron chi connectivity index (χ4n) is 2.92. The van der Waals surface area contributed by atoms with Gasteiger partial charge in [-0.2, -0.15) is 0 Å². The molecule has 1 saturated heterocycles. The first-order chi connectivity index (χ1) is 12.1. The first kappa shape index (κ1) is 17.6. The Morgan fingerprint density at radius 2 is 1.92 bits per heavy atom. The lowest BCUT2D eigenvalue weighted by Gasteiger charge is -2.39. The van der Waals surface area contributed by atoms with E-state index in [1.165, 1.54) is 17.0 Å². The molecule has 1 aromatic carbocycles. The number of rotatable bonds is 5. The van der Waals surface area contributed by atoms with E-state index in [1.807, 2.05) is 13.0 Å². The number of carbonyl (C=O) groups excluding carboxylic acids is 1. The summed E-state index contributed by atoms with van der Waals surface area (Å²) in [5, 5.41) is 14.8. The zero-order valence-corrected chi connectivity index (χ0v) is 15.4. The highest BCUT2D eigenvalue weighted by atomic mass is 32.1. The Morgan fingerprint density at radius 1 is 1.20 bits per heavy atom. The van der Waals surface area contributed by atoms with Gasteiger partial charge in [-0.3, -0.25) is 10.2 Å². The van der Waals surface area contributed by atoms with Crippen molar-refractivity contribution in [2.45, 2.75) is 19.9 Å².